The normalized spacial score (nSPS) is 13.6. The standard InChI is InChI=1S/C4H7ClN2O2S/c1-7-2-4(6-3-7)10(5,8)9/h2-3,8-9H,1H3. The molecule has 4 nitrogen and oxygen atoms in total. The summed E-state index contributed by atoms with van der Waals surface area (Å²) in [6.07, 6.45) is 2.91. The molecule has 1 aromatic rings. The highest BCUT2D eigenvalue weighted by Gasteiger charge is 2.13. The number of halogens is 1. The third-order valence-corrected chi connectivity index (χ3v) is 2.16. The molecule has 1 aromatic heterocycles. The minimum absolute atomic E-state index is 0.108. The fourth-order valence-corrected chi connectivity index (χ4v) is 1.24. The molecule has 58 valence electrons. The summed E-state index contributed by atoms with van der Waals surface area (Å²) in [5.41, 5.74) is 0. The van der Waals surface area contributed by atoms with Gasteiger partial charge in [-0.1, -0.05) is 9.80 Å². The Hall–Kier alpha value is -0.230. The van der Waals surface area contributed by atoms with E-state index >= 15 is 0 Å². The molecule has 0 aliphatic carbocycles. The zero-order chi connectivity index (χ0) is 7.78. The summed E-state index contributed by atoms with van der Waals surface area (Å²) < 4.78 is 19.3. The van der Waals surface area contributed by atoms with Crippen LogP contribution in [0.2, 0.25) is 0 Å². The van der Waals surface area contributed by atoms with Crippen LogP contribution in [0.3, 0.4) is 0 Å². The van der Waals surface area contributed by atoms with Gasteiger partial charge in [-0.3, -0.25) is 9.11 Å². The van der Waals surface area contributed by atoms with Crippen molar-refractivity contribution < 1.29 is 9.11 Å². The Morgan fingerprint density at radius 2 is 2.30 bits per heavy atom. The van der Waals surface area contributed by atoms with Crippen LogP contribution in [0.4, 0.5) is 0 Å². The predicted octanol–water partition coefficient (Wildman–Crippen LogP) is 1.68. The smallest absolute Gasteiger partial charge is 0.181 e. The zero-order valence-corrected chi connectivity index (χ0v) is 6.80. The fraction of sp³-hybridized carbons (Fsp3) is 0.250. The fourth-order valence-electron chi connectivity index (χ4n) is 0.523. The number of nitrogens with zero attached hydrogens (tertiary/aromatic N) is 2. The van der Waals surface area contributed by atoms with Gasteiger partial charge in [0.15, 0.2) is 5.03 Å². The summed E-state index contributed by atoms with van der Waals surface area (Å²) in [6.45, 7) is 0. The molecule has 0 radical (unpaired) electrons. The number of rotatable bonds is 1. The van der Waals surface area contributed by atoms with Gasteiger partial charge in [-0.25, -0.2) is 4.98 Å². The van der Waals surface area contributed by atoms with Crippen molar-refractivity contribution in [3.63, 3.8) is 0 Å². The number of imidazole rings is 1. The Kier molecular flexibility index (Phi) is 1.91. The molecule has 6 heteroatoms. The van der Waals surface area contributed by atoms with Gasteiger partial charge in [-0.05, 0) is 0 Å². The van der Waals surface area contributed by atoms with Gasteiger partial charge in [0.2, 0.25) is 0 Å². The van der Waals surface area contributed by atoms with Crippen LogP contribution in [0, 0.1) is 0 Å². The number of hydrogen-bond acceptors (Lipinski definition) is 3. The van der Waals surface area contributed by atoms with Crippen LogP contribution in [0.5, 0.6) is 0 Å². The molecule has 1 heterocycles. The molecule has 1 rings (SSSR count). The molecule has 0 aromatic carbocycles. The lowest BCUT2D eigenvalue weighted by Gasteiger charge is -2.18. The molecule has 0 fully saturated rings. The lowest BCUT2D eigenvalue weighted by Crippen LogP contribution is -1.88. The SMILES string of the molecule is Cn1cnc(S(O)(O)Cl)c1. The zero-order valence-electron chi connectivity index (χ0n) is 5.23. The highest BCUT2D eigenvalue weighted by Crippen LogP contribution is 2.51. The van der Waals surface area contributed by atoms with Gasteiger partial charge >= 0.3 is 0 Å². The van der Waals surface area contributed by atoms with Gasteiger partial charge in [0, 0.05) is 23.9 Å². The molecule has 0 aliphatic heterocycles. The Bertz CT molecular complexity index is 231. The van der Waals surface area contributed by atoms with Gasteiger partial charge in [0.1, 0.15) is 0 Å². The molecule has 0 unspecified atom stereocenters. The van der Waals surface area contributed by atoms with Crippen molar-refractivity contribution in [3.05, 3.63) is 12.5 Å². The average molecular weight is 183 g/mol. The first-order valence-electron chi connectivity index (χ1n) is 2.46. The van der Waals surface area contributed by atoms with E-state index in [4.69, 9.17) is 19.8 Å². The first kappa shape index (κ1) is 7.87. The Morgan fingerprint density at radius 3 is 2.50 bits per heavy atom. The maximum Gasteiger partial charge on any atom is 0.181 e. The van der Waals surface area contributed by atoms with Crippen molar-refractivity contribution in [2.75, 3.05) is 0 Å². The van der Waals surface area contributed by atoms with Gasteiger partial charge in [-0.15, -0.1) is 0 Å². The molecule has 2 N–H and O–H groups in total. The maximum atomic E-state index is 8.83. The van der Waals surface area contributed by atoms with Crippen LogP contribution in [-0.2, 0) is 7.05 Å². The van der Waals surface area contributed by atoms with E-state index in [-0.39, 0.29) is 5.03 Å². The average Bonchev–Trinajstić information content (AvgIpc) is 2.11. The van der Waals surface area contributed by atoms with E-state index in [0.717, 1.165) is 0 Å². The van der Waals surface area contributed by atoms with E-state index in [2.05, 4.69) is 4.98 Å². The second-order valence-electron chi connectivity index (χ2n) is 1.86. The topological polar surface area (TPSA) is 58.3 Å². The summed E-state index contributed by atoms with van der Waals surface area (Å²) in [4.78, 5) is 3.66. The largest absolute Gasteiger partial charge is 0.339 e. The van der Waals surface area contributed by atoms with Gasteiger partial charge in [0.25, 0.3) is 0 Å². The minimum Gasteiger partial charge on any atom is -0.339 e. The Labute approximate surface area is 64.3 Å². The highest BCUT2D eigenvalue weighted by atomic mass is 35.7. The van der Waals surface area contributed by atoms with Crippen LogP contribution in [0.25, 0.3) is 0 Å². The molecule has 0 spiro atoms. The van der Waals surface area contributed by atoms with E-state index in [1.165, 1.54) is 12.5 Å². The molecule has 0 aliphatic rings. The van der Waals surface area contributed by atoms with Crippen molar-refractivity contribution in [1.29, 1.82) is 0 Å². The van der Waals surface area contributed by atoms with Crippen LogP contribution in [0.15, 0.2) is 17.6 Å². The molecular formula is C4H7ClN2O2S. The lowest BCUT2D eigenvalue weighted by atomic mass is 10.9. The summed E-state index contributed by atoms with van der Waals surface area (Å²) >= 11 is 0. The second kappa shape index (κ2) is 2.43. The van der Waals surface area contributed by atoms with Gasteiger partial charge in [0.05, 0.1) is 6.33 Å². The number of hydrogen-bond donors (Lipinski definition) is 2. The highest BCUT2D eigenvalue weighted by molar-refractivity contribution is 8.43. The summed E-state index contributed by atoms with van der Waals surface area (Å²) in [6, 6.07) is 0. The van der Waals surface area contributed by atoms with E-state index < -0.39 is 9.80 Å². The van der Waals surface area contributed by atoms with Crippen molar-refractivity contribution in [2.24, 2.45) is 7.05 Å². The van der Waals surface area contributed by atoms with E-state index in [1.54, 1.807) is 11.6 Å². The molecular weight excluding hydrogens is 176 g/mol. The third kappa shape index (κ3) is 1.63. The molecule has 10 heavy (non-hydrogen) atoms. The molecule has 0 amide bonds. The van der Waals surface area contributed by atoms with Crippen molar-refractivity contribution in [2.45, 2.75) is 5.03 Å². The van der Waals surface area contributed by atoms with E-state index in [9.17, 15) is 0 Å². The maximum absolute atomic E-state index is 8.83. The van der Waals surface area contributed by atoms with Crippen LogP contribution in [-0.4, -0.2) is 18.7 Å². The second-order valence-corrected chi connectivity index (χ2v) is 4.52. The van der Waals surface area contributed by atoms with E-state index in [0.29, 0.717) is 0 Å². The molecule has 0 saturated heterocycles. The van der Waals surface area contributed by atoms with Crippen LogP contribution >= 0.6 is 20.5 Å². The molecule has 0 bridgehead atoms. The van der Waals surface area contributed by atoms with Crippen LogP contribution in [0.1, 0.15) is 0 Å². The summed E-state index contributed by atoms with van der Waals surface area (Å²) in [5.74, 6) is 0. The van der Waals surface area contributed by atoms with E-state index in [1.807, 2.05) is 0 Å². The van der Waals surface area contributed by atoms with Crippen molar-refractivity contribution in [1.82, 2.24) is 9.55 Å². The first-order valence-corrected chi connectivity index (χ1v) is 4.83. The quantitative estimate of drug-likeness (QED) is 0.695. The monoisotopic (exact) mass is 182 g/mol. The van der Waals surface area contributed by atoms with Gasteiger partial charge in [-0.2, -0.15) is 0 Å². The molecule has 0 saturated carbocycles. The third-order valence-electron chi connectivity index (χ3n) is 0.947. The first-order chi connectivity index (χ1) is 4.50. The number of aromatic nitrogens is 2. The Balaban J connectivity index is 2.96. The van der Waals surface area contributed by atoms with Crippen LogP contribution < -0.4 is 0 Å². The predicted molar refractivity (Wildman–Crippen MR) is 40.2 cm³/mol. The molecule has 0 atom stereocenters. The van der Waals surface area contributed by atoms with Gasteiger partial charge < -0.3 is 4.57 Å². The Morgan fingerprint density at radius 1 is 1.70 bits per heavy atom. The van der Waals surface area contributed by atoms with Crippen molar-refractivity contribution in [3.8, 4) is 0 Å². The summed E-state index contributed by atoms with van der Waals surface area (Å²) in [7, 11) is 3.77. The summed E-state index contributed by atoms with van der Waals surface area (Å²) in [5, 5.41) is 0.108. The number of aryl methyl sites for hydroxylation is 1. The van der Waals surface area contributed by atoms with Crippen molar-refractivity contribution >= 4 is 20.5 Å². The lowest BCUT2D eigenvalue weighted by molar-refractivity contribution is 0.503. The minimum atomic E-state index is -3.14.